The largest absolute Gasteiger partial charge is 0.497 e. The van der Waals surface area contributed by atoms with Crippen LogP contribution in [0.2, 0.25) is 0 Å². The molecule has 0 radical (unpaired) electrons. The first-order chi connectivity index (χ1) is 16.5. The monoisotopic (exact) mass is 467 g/mol. The average molecular weight is 468 g/mol. The van der Waals surface area contributed by atoms with Crippen LogP contribution in [-0.4, -0.2) is 42.3 Å². The van der Waals surface area contributed by atoms with Gasteiger partial charge in [0.25, 0.3) is 5.56 Å². The van der Waals surface area contributed by atoms with E-state index >= 15 is 0 Å². The van der Waals surface area contributed by atoms with Crippen molar-refractivity contribution in [2.24, 2.45) is 0 Å². The van der Waals surface area contributed by atoms with Crippen LogP contribution in [0.4, 0.5) is 10.5 Å². The fourth-order valence-corrected chi connectivity index (χ4v) is 3.26. The average Bonchev–Trinajstić information content (AvgIpc) is 2.86. The number of anilines is 1. The molecule has 1 amide bonds. The number of rotatable bonds is 11. The summed E-state index contributed by atoms with van der Waals surface area (Å²) in [5.74, 6) is 1.08. The maximum Gasteiger partial charge on any atom is 0.412 e. The summed E-state index contributed by atoms with van der Waals surface area (Å²) in [6.45, 7) is 4.68. The molecule has 3 aromatic rings. The molecule has 9 heteroatoms. The molecule has 0 aliphatic heterocycles. The molecule has 0 aliphatic carbocycles. The van der Waals surface area contributed by atoms with E-state index in [0.717, 1.165) is 5.56 Å². The maximum atomic E-state index is 13.4. The molecular weight excluding hydrogens is 438 g/mol. The van der Waals surface area contributed by atoms with Crippen LogP contribution in [-0.2, 0) is 27.4 Å². The third kappa shape index (κ3) is 6.66. The van der Waals surface area contributed by atoms with Crippen LogP contribution < -0.4 is 15.6 Å². The summed E-state index contributed by atoms with van der Waals surface area (Å²) in [6.07, 6.45) is -0.0946. The van der Waals surface area contributed by atoms with Crippen LogP contribution in [0.25, 0.3) is 11.4 Å². The lowest BCUT2D eigenvalue weighted by molar-refractivity contribution is -0.143. The Morgan fingerprint density at radius 3 is 2.32 bits per heavy atom. The number of methoxy groups -OCH3 is 1. The molecule has 0 aliphatic rings. The van der Waals surface area contributed by atoms with Gasteiger partial charge in [0.05, 0.1) is 19.9 Å². The van der Waals surface area contributed by atoms with Crippen LogP contribution >= 0.6 is 0 Å². The standard InChI is InChI=1S/C25H29N3O6/c1-4-32-22(33-5-2)16-28-23(19-11-13-20(31-3)14-12-19)26-15-21(24(28)29)27-25(30)34-17-18-9-7-6-8-10-18/h6-15,22H,4-5,16-17H2,1-3H3,(H,27,30). The molecule has 1 heterocycles. The van der Waals surface area contributed by atoms with Gasteiger partial charge < -0.3 is 18.9 Å². The zero-order valence-electron chi connectivity index (χ0n) is 19.5. The van der Waals surface area contributed by atoms with Crippen LogP contribution in [0.1, 0.15) is 19.4 Å². The van der Waals surface area contributed by atoms with Gasteiger partial charge in [-0.05, 0) is 43.7 Å². The van der Waals surface area contributed by atoms with E-state index in [1.165, 1.54) is 10.8 Å². The molecule has 1 N–H and O–H groups in total. The lowest BCUT2D eigenvalue weighted by atomic mass is 10.2. The normalized spacial score (nSPS) is 10.8. The predicted octanol–water partition coefficient (Wildman–Crippen LogP) is 4.07. The van der Waals surface area contributed by atoms with Crippen LogP contribution in [0.5, 0.6) is 5.75 Å². The molecule has 1 aromatic heterocycles. The quantitative estimate of drug-likeness (QED) is 0.424. The van der Waals surface area contributed by atoms with Crippen LogP contribution in [0.3, 0.4) is 0 Å². The summed E-state index contributed by atoms with van der Waals surface area (Å²) < 4.78 is 23.1. The first kappa shape index (κ1) is 24.9. The van der Waals surface area contributed by atoms with E-state index in [4.69, 9.17) is 18.9 Å². The molecule has 0 spiro atoms. The second-order valence-electron chi connectivity index (χ2n) is 7.17. The zero-order chi connectivity index (χ0) is 24.3. The second-order valence-corrected chi connectivity index (χ2v) is 7.17. The van der Waals surface area contributed by atoms with Gasteiger partial charge in [-0.1, -0.05) is 30.3 Å². The van der Waals surface area contributed by atoms with Gasteiger partial charge in [0.15, 0.2) is 6.29 Å². The molecule has 0 saturated heterocycles. The Labute approximate surface area is 198 Å². The van der Waals surface area contributed by atoms with Gasteiger partial charge in [-0.3, -0.25) is 14.7 Å². The van der Waals surface area contributed by atoms with Gasteiger partial charge >= 0.3 is 6.09 Å². The van der Waals surface area contributed by atoms with Crippen molar-refractivity contribution in [1.82, 2.24) is 9.55 Å². The third-order valence-corrected chi connectivity index (χ3v) is 4.88. The molecule has 0 saturated carbocycles. The number of hydrogen-bond donors (Lipinski definition) is 1. The van der Waals surface area contributed by atoms with Gasteiger partial charge in [-0.25, -0.2) is 9.78 Å². The molecule has 0 fully saturated rings. The Morgan fingerprint density at radius 2 is 1.71 bits per heavy atom. The van der Waals surface area contributed by atoms with Crippen molar-refractivity contribution >= 4 is 11.8 Å². The van der Waals surface area contributed by atoms with Crippen molar-refractivity contribution in [3.63, 3.8) is 0 Å². The summed E-state index contributed by atoms with van der Waals surface area (Å²) >= 11 is 0. The highest BCUT2D eigenvalue weighted by Crippen LogP contribution is 2.21. The van der Waals surface area contributed by atoms with Crippen molar-refractivity contribution in [1.29, 1.82) is 0 Å². The molecule has 0 unspecified atom stereocenters. The number of carbonyl (C=O) groups excluding carboxylic acids is 1. The smallest absolute Gasteiger partial charge is 0.412 e. The van der Waals surface area contributed by atoms with Crippen molar-refractivity contribution in [3.05, 3.63) is 76.7 Å². The van der Waals surface area contributed by atoms with Crippen molar-refractivity contribution in [2.75, 3.05) is 25.6 Å². The molecule has 34 heavy (non-hydrogen) atoms. The van der Waals surface area contributed by atoms with Crippen LogP contribution in [0, 0.1) is 0 Å². The molecular formula is C25H29N3O6. The van der Waals surface area contributed by atoms with Gasteiger partial charge in [0.2, 0.25) is 0 Å². The maximum absolute atomic E-state index is 13.4. The zero-order valence-corrected chi connectivity index (χ0v) is 19.5. The number of ether oxygens (including phenoxy) is 4. The van der Waals surface area contributed by atoms with E-state index in [1.807, 2.05) is 44.2 Å². The third-order valence-electron chi connectivity index (χ3n) is 4.88. The number of nitrogens with one attached hydrogen (secondary N) is 1. The van der Waals surface area contributed by atoms with Gasteiger partial charge in [-0.2, -0.15) is 0 Å². The summed E-state index contributed by atoms with van der Waals surface area (Å²) in [5.41, 5.74) is 1.06. The molecule has 0 bridgehead atoms. The topological polar surface area (TPSA) is 101 Å². The van der Waals surface area contributed by atoms with E-state index in [1.54, 1.807) is 31.4 Å². The summed E-state index contributed by atoms with van der Waals surface area (Å²) in [6, 6.07) is 16.4. The Kier molecular flexibility index (Phi) is 9.19. The number of benzene rings is 2. The van der Waals surface area contributed by atoms with Crippen LogP contribution in [0.15, 0.2) is 65.6 Å². The van der Waals surface area contributed by atoms with Gasteiger partial charge in [0.1, 0.15) is 23.9 Å². The number of hydrogen-bond acceptors (Lipinski definition) is 7. The number of amides is 1. The highest BCUT2D eigenvalue weighted by molar-refractivity contribution is 5.84. The number of aromatic nitrogens is 2. The Bertz CT molecular complexity index is 1110. The molecule has 180 valence electrons. The molecule has 0 atom stereocenters. The second kappa shape index (κ2) is 12.5. The molecule has 9 nitrogen and oxygen atoms in total. The fourth-order valence-electron chi connectivity index (χ4n) is 3.26. The van der Waals surface area contributed by atoms with E-state index in [-0.39, 0.29) is 18.8 Å². The summed E-state index contributed by atoms with van der Waals surface area (Å²) in [4.78, 5) is 30.1. The SMILES string of the molecule is CCOC(Cn1c(-c2ccc(OC)cc2)ncc(NC(=O)OCc2ccccc2)c1=O)OCC. The number of nitrogens with zero attached hydrogens (tertiary/aromatic N) is 2. The van der Waals surface area contributed by atoms with E-state index < -0.39 is 17.9 Å². The van der Waals surface area contributed by atoms with Gasteiger partial charge in [0, 0.05) is 18.8 Å². The minimum atomic E-state index is -0.752. The van der Waals surface area contributed by atoms with Crippen molar-refractivity contribution in [3.8, 4) is 17.1 Å². The highest BCUT2D eigenvalue weighted by Gasteiger charge is 2.19. The Hall–Kier alpha value is -3.69. The highest BCUT2D eigenvalue weighted by atomic mass is 16.7. The summed E-state index contributed by atoms with van der Waals surface area (Å²) in [5, 5.41) is 2.50. The van der Waals surface area contributed by atoms with Gasteiger partial charge in [-0.15, -0.1) is 0 Å². The molecule has 3 rings (SSSR count). The Balaban J connectivity index is 1.88. The van der Waals surface area contributed by atoms with Crippen molar-refractivity contribution in [2.45, 2.75) is 33.3 Å². The van der Waals surface area contributed by atoms with E-state index in [9.17, 15) is 9.59 Å². The lowest BCUT2D eigenvalue weighted by Crippen LogP contribution is -2.34. The predicted molar refractivity (Wildman–Crippen MR) is 128 cm³/mol. The van der Waals surface area contributed by atoms with Crippen molar-refractivity contribution < 1.29 is 23.7 Å². The van der Waals surface area contributed by atoms with E-state index in [0.29, 0.717) is 30.4 Å². The minimum absolute atomic E-state index is 0.0120. The fraction of sp³-hybridized carbons (Fsp3) is 0.320. The summed E-state index contributed by atoms with van der Waals surface area (Å²) in [7, 11) is 1.58. The lowest BCUT2D eigenvalue weighted by Gasteiger charge is -2.21. The first-order valence-corrected chi connectivity index (χ1v) is 11.0. The Morgan fingerprint density at radius 1 is 1.03 bits per heavy atom. The number of carbonyl (C=O) groups is 1. The minimum Gasteiger partial charge on any atom is -0.497 e. The first-order valence-electron chi connectivity index (χ1n) is 11.0. The molecule has 2 aromatic carbocycles. The van der Waals surface area contributed by atoms with E-state index in [2.05, 4.69) is 10.3 Å².